The first kappa shape index (κ1) is 9.62. The zero-order valence-corrected chi connectivity index (χ0v) is 6.30. The Morgan fingerprint density at radius 3 is 2.90 bits per heavy atom. The van der Waals surface area contributed by atoms with Crippen molar-refractivity contribution in [3.63, 3.8) is 0 Å². The monoisotopic (exact) mass is 163 g/mol. The van der Waals surface area contributed by atoms with Crippen molar-refractivity contribution in [1.82, 2.24) is 4.84 Å². The summed E-state index contributed by atoms with van der Waals surface area (Å²) in [5.74, 6) is 0. The Hall–Kier alpha value is -0.380. The molecule has 4 heteroatoms. The molecule has 0 unspecified atom stereocenters. The Balaban J connectivity index is 3.25. The first-order valence-electron chi connectivity index (χ1n) is 2.85. The van der Waals surface area contributed by atoms with Gasteiger partial charge in [-0.2, -0.15) is 0 Å². The van der Waals surface area contributed by atoms with E-state index in [1.165, 1.54) is 0 Å². The van der Waals surface area contributed by atoms with Crippen molar-refractivity contribution < 1.29 is 9.53 Å². The van der Waals surface area contributed by atoms with E-state index in [9.17, 15) is 4.79 Å². The minimum atomic E-state index is -0.429. The highest BCUT2D eigenvalue weighted by Gasteiger charge is 2.02. The summed E-state index contributed by atoms with van der Waals surface area (Å²) in [4.78, 5) is 12.3. The molecule has 0 saturated heterocycles. The molecule has 0 radical (unpaired) electrons. The third-order valence-electron chi connectivity index (χ3n) is 0.838. The van der Waals surface area contributed by atoms with Crippen LogP contribution in [-0.4, -0.2) is 25.5 Å². The van der Waals surface area contributed by atoms with Crippen LogP contribution in [0.2, 0.25) is 0 Å². The summed E-state index contributed by atoms with van der Waals surface area (Å²) >= 11 is 5.16. The highest BCUT2D eigenvalue weighted by molar-refractivity contribution is 6.14. The van der Waals surface area contributed by atoms with Gasteiger partial charge in [0, 0.05) is 0 Å². The van der Waals surface area contributed by atoms with Crippen molar-refractivity contribution in [2.45, 2.75) is 6.04 Å². The Morgan fingerprint density at radius 2 is 2.50 bits per heavy atom. The minimum absolute atomic E-state index is 0.277. The number of hydrogen-bond acceptors (Lipinski definition) is 3. The van der Waals surface area contributed by atoms with E-state index in [2.05, 4.69) is 11.4 Å². The van der Waals surface area contributed by atoms with Gasteiger partial charge in [-0.1, -0.05) is 6.08 Å². The molecular formula is C6H10ClNO2. The van der Waals surface area contributed by atoms with E-state index in [1.54, 1.807) is 6.08 Å². The largest absolute Gasteiger partial charge is 0.375 e. The number of nitrogens with one attached hydrogen (secondary N) is 1. The molecule has 58 valence electrons. The number of aldehydes is 1. The molecule has 3 nitrogen and oxygen atoms in total. The minimum Gasteiger partial charge on any atom is -0.375 e. The quantitative estimate of drug-likeness (QED) is 0.268. The summed E-state index contributed by atoms with van der Waals surface area (Å²) in [6.07, 6.45) is 2.30. The average molecular weight is 164 g/mol. The summed E-state index contributed by atoms with van der Waals surface area (Å²) in [5.41, 5.74) is 0. The van der Waals surface area contributed by atoms with Crippen LogP contribution in [0.3, 0.4) is 0 Å². The number of hydrogen-bond donors (Lipinski definition) is 1. The van der Waals surface area contributed by atoms with E-state index in [4.69, 9.17) is 16.5 Å². The molecule has 0 bridgehead atoms. The molecule has 0 saturated carbocycles. The number of carbonyl (C=O) groups is 1. The molecular weight excluding hydrogens is 154 g/mol. The SMILES string of the molecule is C=CCOC[C@@H](C=O)NCl. The van der Waals surface area contributed by atoms with Crippen LogP contribution in [-0.2, 0) is 9.53 Å². The molecule has 0 aromatic rings. The number of rotatable bonds is 6. The summed E-state index contributed by atoms with van der Waals surface area (Å²) in [7, 11) is 0. The molecule has 0 amide bonds. The zero-order chi connectivity index (χ0) is 7.82. The average Bonchev–Trinajstić information content (AvgIpc) is 1.99. The summed E-state index contributed by atoms with van der Waals surface area (Å²) in [6.45, 7) is 4.15. The molecule has 0 rings (SSSR count). The molecule has 0 aliphatic rings. The van der Waals surface area contributed by atoms with Crippen LogP contribution >= 0.6 is 11.8 Å². The lowest BCUT2D eigenvalue weighted by molar-refractivity contribution is -0.110. The van der Waals surface area contributed by atoms with Gasteiger partial charge in [0.25, 0.3) is 0 Å². The molecule has 0 heterocycles. The van der Waals surface area contributed by atoms with Crippen molar-refractivity contribution in [3.05, 3.63) is 12.7 Å². The highest BCUT2D eigenvalue weighted by Crippen LogP contribution is 1.83. The molecule has 0 aromatic carbocycles. The van der Waals surface area contributed by atoms with Crippen molar-refractivity contribution in [2.24, 2.45) is 0 Å². The van der Waals surface area contributed by atoms with Gasteiger partial charge >= 0.3 is 0 Å². The predicted octanol–water partition coefficient (Wildman–Crippen LogP) is 0.500. The molecule has 0 spiro atoms. The molecule has 1 N–H and O–H groups in total. The van der Waals surface area contributed by atoms with Crippen molar-refractivity contribution in [2.75, 3.05) is 13.2 Å². The molecule has 10 heavy (non-hydrogen) atoms. The van der Waals surface area contributed by atoms with Gasteiger partial charge in [0.05, 0.1) is 13.2 Å². The van der Waals surface area contributed by atoms with E-state index in [0.29, 0.717) is 12.9 Å². The van der Waals surface area contributed by atoms with Crippen LogP contribution in [0.1, 0.15) is 0 Å². The van der Waals surface area contributed by atoms with Crippen LogP contribution in [0.5, 0.6) is 0 Å². The van der Waals surface area contributed by atoms with E-state index in [-0.39, 0.29) is 6.61 Å². The van der Waals surface area contributed by atoms with Gasteiger partial charge in [0.2, 0.25) is 0 Å². The Bertz CT molecular complexity index is 108. The van der Waals surface area contributed by atoms with Crippen molar-refractivity contribution in [1.29, 1.82) is 0 Å². The molecule has 0 aliphatic heterocycles. The lowest BCUT2D eigenvalue weighted by atomic mass is 10.4. The zero-order valence-electron chi connectivity index (χ0n) is 5.55. The van der Waals surface area contributed by atoms with E-state index in [1.807, 2.05) is 0 Å². The third-order valence-corrected chi connectivity index (χ3v) is 1.12. The second kappa shape index (κ2) is 6.74. The number of carbonyl (C=O) groups excluding carboxylic acids is 1. The fourth-order valence-corrected chi connectivity index (χ4v) is 0.489. The van der Waals surface area contributed by atoms with Gasteiger partial charge in [0.1, 0.15) is 12.3 Å². The van der Waals surface area contributed by atoms with Crippen molar-refractivity contribution >= 4 is 18.1 Å². The second-order valence-corrected chi connectivity index (χ2v) is 1.90. The van der Waals surface area contributed by atoms with Crippen LogP contribution < -0.4 is 4.84 Å². The van der Waals surface area contributed by atoms with E-state index in [0.717, 1.165) is 0 Å². The number of halogens is 1. The van der Waals surface area contributed by atoms with E-state index < -0.39 is 6.04 Å². The third kappa shape index (κ3) is 4.49. The fraction of sp³-hybridized carbons (Fsp3) is 0.500. The van der Waals surface area contributed by atoms with Crippen LogP contribution in [0, 0.1) is 0 Å². The fourth-order valence-electron chi connectivity index (χ4n) is 0.375. The summed E-state index contributed by atoms with van der Waals surface area (Å²) in [6, 6.07) is -0.429. The van der Waals surface area contributed by atoms with Crippen LogP contribution in [0.4, 0.5) is 0 Å². The topological polar surface area (TPSA) is 38.3 Å². The Kier molecular flexibility index (Phi) is 6.48. The number of ether oxygens (including phenoxy) is 1. The first-order valence-corrected chi connectivity index (χ1v) is 3.23. The van der Waals surface area contributed by atoms with Gasteiger partial charge in [0.15, 0.2) is 0 Å². The smallest absolute Gasteiger partial charge is 0.140 e. The Morgan fingerprint density at radius 1 is 1.80 bits per heavy atom. The van der Waals surface area contributed by atoms with Gasteiger partial charge in [-0.25, -0.2) is 4.84 Å². The molecule has 0 aliphatic carbocycles. The standard InChI is InChI=1S/C6H10ClNO2/c1-2-3-10-5-6(4-9)8-7/h2,4,6,8H,1,3,5H2/t6-/m1/s1. The molecule has 0 aromatic heterocycles. The molecule has 0 fully saturated rings. The normalized spacial score (nSPS) is 12.5. The predicted molar refractivity (Wildman–Crippen MR) is 39.9 cm³/mol. The maximum Gasteiger partial charge on any atom is 0.140 e. The maximum absolute atomic E-state index is 10.1. The van der Waals surface area contributed by atoms with Crippen LogP contribution in [0.25, 0.3) is 0 Å². The Labute approximate surface area is 65.1 Å². The summed E-state index contributed by atoms with van der Waals surface area (Å²) in [5, 5.41) is 0. The van der Waals surface area contributed by atoms with Gasteiger partial charge in [-0.05, 0) is 11.8 Å². The lowest BCUT2D eigenvalue weighted by Crippen LogP contribution is -2.28. The van der Waals surface area contributed by atoms with Gasteiger partial charge < -0.3 is 9.53 Å². The second-order valence-electron chi connectivity index (χ2n) is 1.68. The van der Waals surface area contributed by atoms with Gasteiger partial charge in [-0.3, -0.25) is 0 Å². The first-order chi connectivity index (χ1) is 4.85. The van der Waals surface area contributed by atoms with Crippen molar-refractivity contribution in [3.8, 4) is 0 Å². The molecule has 1 atom stereocenters. The maximum atomic E-state index is 10.1. The van der Waals surface area contributed by atoms with E-state index >= 15 is 0 Å². The van der Waals surface area contributed by atoms with Crippen LogP contribution in [0.15, 0.2) is 12.7 Å². The summed E-state index contributed by atoms with van der Waals surface area (Å²) < 4.78 is 4.93. The highest BCUT2D eigenvalue weighted by atomic mass is 35.5. The lowest BCUT2D eigenvalue weighted by Gasteiger charge is -2.05. The van der Waals surface area contributed by atoms with Gasteiger partial charge in [-0.15, -0.1) is 6.58 Å².